The van der Waals surface area contributed by atoms with Crippen molar-refractivity contribution in [2.45, 2.75) is 26.2 Å². The van der Waals surface area contributed by atoms with E-state index in [9.17, 15) is 4.79 Å². The van der Waals surface area contributed by atoms with Gasteiger partial charge in [-0.15, -0.1) is 10.2 Å². The van der Waals surface area contributed by atoms with Crippen LogP contribution in [-0.4, -0.2) is 16.1 Å². The van der Waals surface area contributed by atoms with E-state index in [4.69, 9.17) is 11.6 Å². The van der Waals surface area contributed by atoms with Gasteiger partial charge in [0.05, 0.1) is 0 Å². The van der Waals surface area contributed by atoms with E-state index >= 15 is 0 Å². The molecule has 1 amide bonds. The highest BCUT2D eigenvalue weighted by molar-refractivity contribution is 6.30. The monoisotopic (exact) mass is 304 g/mol. The van der Waals surface area contributed by atoms with E-state index in [1.54, 1.807) is 24.3 Å². The Balaban J connectivity index is 1.94. The zero-order valence-electron chi connectivity index (χ0n) is 11.8. The minimum Gasteiger partial charge on any atom is -0.339 e. The van der Waals surface area contributed by atoms with Crippen LogP contribution < -0.4 is 10.6 Å². The van der Waals surface area contributed by atoms with Crippen LogP contribution in [0.4, 0.5) is 17.3 Å². The molecule has 0 aliphatic carbocycles. The van der Waals surface area contributed by atoms with Crippen LogP contribution >= 0.6 is 11.6 Å². The zero-order chi connectivity index (χ0) is 15.1. The quantitative estimate of drug-likeness (QED) is 0.846. The summed E-state index contributed by atoms with van der Waals surface area (Å²) in [5.74, 6) is 0.998. The summed E-state index contributed by atoms with van der Waals surface area (Å²) < 4.78 is 0. The Kier molecular flexibility index (Phi) is 5.51. The molecule has 1 aromatic heterocycles. The predicted octanol–water partition coefficient (Wildman–Crippen LogP) is 4.00. The van der Waals surface area contributed by atoms with E-state index in [-0.39, 0.29) is 5.91 Å². The van der Waals surface area contributed by atoms with E-state index < -0.39 is 0 Å². The maximum absolute atomic E-state index is 11.6. The molecule has 110 valence electrons. The topological polar surface area (TPSA) is 66.9 Å². The molecule has 5 nitrogen and oxygen atoms in total. The number of hydrogen-bond acceptors (Lipinski definition) is 4. The van der Waals surface area contributed by atoms with Crippen LogP contribution in [-0.2, 0) is 4.79 Å². The second kappa shape index (κ2) is 7.59. The Morgan fingerprint density at radius 1 is 1.19 bits per heavy atom. The van der Waals surface area contributed by atoms with Crippen molar-refractivity contribution in [1.82, 2.24) is 10.2 Å². The number of nitrogens with zero attached hydrogens (tertiary/aromatic N) is 2. The summed E-state index contributed by atoms with van der Waals surface area (Å²) in [4.78, 5) is 11.6. The first-order chi connectivity index (χ1) is 10.2. The molecule has 0 aliphatic heterocycles. The molecule has 0 saturated carbocycles. The van der Waals surface area contributed by atoms with Gasteiger partial charge in [0.15, 0.2) is 11.6 Å². The van der Waals surface area contributed by atoms with Crippen molar-refractivity contribution in [2.24, 2.45) is 0 Å². The van der Waals surface area contributed by atoms with E-state index in [1.165, 1.54) is 0 Å². The smallest absolute Gasteiger partial charge is 0.225 e. The molecule has 0 spiro atoms. The highest BCUT2D eigenvalue weighted by atomic mass is 35.5. The maximum atomic E-state index is 11.6. The van der Waals surface area contributed by atoms with Gasteiger partial charge in [0.2, 0.25) is 5.91 Å². The zero-order valence-corrected chi connectivity index (χ0v) is 12.5. The molecule has 0 bridgehead atoms. The van der Waals surface area contributed by atoms with E-state index in [1.807, 2.05) is 19.1 Å². The fraction of sp³-hybridized carbons (Fsp3) is 0.267. The summed E-state index contributed by atoms with van der Waals surface area (Å²) in [5.41, 5.74) is 0.830. The van der Waals surface area contributed by atoms with Crippen LogP contribution in [0.3, 0.4) is 0 Å². The van der Waals surface area contributed by atoms with Crippen molar-refractivity contribution in [2.75, 3.05) is 10.6 Å². The third-order valence-corrected chi connectivity index (χ3v) is 3.02. The van der Waals surface area contributed by atoms with Gasteiger partial charge in [-0.1, -0.05) is 31.0 Å². The van der Waals surface area contributed by atoms with E-state index in [0.29, 0.717) is 23.1 Å². The second-order valence-corrected chi connectivity index (χ2v) is 5.03. The fourth-order valence-electron chi connectivity index (χ4n) is 1.72. The van der Waals surface area contributed by atoms with Gasteiger partial charge in [-0.3, -0.25) is 4.79 Å². The standard InChI is InChI=1S/C15H17ClN4O/c1-2-3-7-15(21)18-14-9-8-13(19-20-14)17-12-6-4-5-11(16)10-12/h4-6,8-10H,2-3,7H2,1H3,(H,17,19)(H,18,20,21). The van der Waals surface area contributed by atoms with Crippen molar-refractivity contribution >= 4 is 34.8 Å². The summed E-state index contributed by atoms with van der Waals surface area (Å²) in [6.07, 6.45) is 2.36. The minimum atomic E-state index is -0.0401. The van der Waals surface area contributed by atoms with Gasteiger partial charge in [-0.25, -0.2) is 0 Å². The van der Waals surface area contributed by atoms with Crippen LogP contribution in [0.25, 0.3) is 0 Å². The van der Waals surface area contributed by atoms with Crippen LogP contribution in [0.1, 0.15) is 26.2 Å². The summed E-state index contributed by atoms with van der Waals surface area (Å²) in [5, 5.41) is 14.4. The molecule has 6 heteroatoms. The van der Waals surface area contributed by atoms with Crippen LogP contribution in [0, 0.1) is 0 Å². The lowest BCUT2D eigenvalue weighted by Gasteiger charge is -2.07. The average molecular weight is 305 g/mol. The number of carbonyl (C=O) groups is 1. The SMILES string of the molecule is CCCCC(=O)Nc1ccc(Nc2cccc(Cl)c2)nn1. The number of nitrogens with one attached hydrogen (secondary N) is 2. The Morgan fingerprint density at radius 3 is 2.62 bits per heavy atom. The fourth-order valence-corrected chi connectivity index (χ4v) is 1.91. The molecule has 2 aromatic rings. The van der Waals surface area contributed by atoms with Gasteiger partial charge in [0.25, 0.3) is 0 Å². The molecule has 0 atom stereocenters. The second-order valence-electron chi connectivity index (χ2n) is 4.59. The van der Waals surface area contributed by atoms with Crippen molar-refractivity contribution < 1.29 is 4.79 Å². The largest absolute Gasteiger partial charge is 0.339 e. The highest BCUT2D eigenvalue weighted by Gasteiger charge is 2.04. The molecule has 0 fully saturated rings. The number of aromatic nitrogens is 2. The molecule has 0 unspecified atom stereocenters. The predicted molar refractivity (Wildman–Crippen MR) is 84.9 cm³/mol. The molecule has 0 radical (unpaired) electrons. The normalized spacial score (nSPS) is 10.2. The van der Waals surface area contributed by atoms with Crippen LogP contribution in [0.15, 0.2) is 36.4 Å². The number of hydrogen-bond donors (Lipinski definition) is 2. The number of unbranched alkanes of at least 4 members (excludes halogenated alkanes) is 1. The van der Waals surface area contributed by atoms with Crippen molar-refractivity contribution in [3.05, 3.63) is 41.4 Å². The Labute approximate surface area is 128 Å². The van der Waals surface area contributed by atoms with Crippen molar-refractivity contribution in [3.8, 4) is 0 Å². The number of amides is 1. The van der Waals surface area contributed by atoms with Gasteiger partial charge in [-0.2, -0.15) is 0 Å². The summed E-state index contributed by atoms with van der Waals surface area (Å²) in [6, 6.07) is 10.8. The molecule has 2 rings (SSSR count). The van der Waals surface area contributed by atoms with Gasteiger partial charge in [-0.05, 0) is 36.8 Å². The molecule has 1 heterocycles. The van der Waals surface area contributed by atoms with E-state index in [2.05, 4.69) is 20.8 Å². The number of benzene rings is 1. The lowest BCUT2D eigenvalue weighted by atomic mass is 10.2. The Hall–Kier alpha value is -2.14. The Bertz CT molecular complexity index is 601. The molecule has 0 saturated heterocycles. The Morgan fingerprint density at radius 2 is 1.95 bits per heavy atom. The van der Waals surface area contributed by atoms with Crippen LogP contribution in [0.2, 0.25) is 5.02 Å². The summed E-state index contributed by atoms with van der Waals surface area (Å²) in [6.45, 7) is 2.05. The molecule has 21 heavy (non-hydrogen) atoms. The van der Waals surface area contributed by atoms with Gasteiger partial charge < -0.3 is 10.6 Å². The first-order valence-corrected chi connectivity index (χ1v) is 7.21. The first-order valence-electron chi connectivity index (χ1n) is 6.83. The highest BCUT2D eigenvalue weighted by Crippen LogP contribution is 2.18. The summed E-state index contributed by atoms with van der Waals surface area (Å²) in [7, 11) is 0. The summed E-state index contributed by atoms with van der Waals surface area (Å²) >= 11 is 5.91. The van der Waals surface area contributed by atoms with Crippen molar-refractivity contribution in [1.29, 1.82) is 0 Å². The van der Waals surface area contributed by atoms with Crippen molar-refractivity contribution in [3.63, 3.8) is 0 Å². The number of rotatable bonds is 6. The minimum absolute atomic E-state index is 0.0401. The molecular formula is C15H17ClN4O. The lowest BCUT2D eigenvalue weighted by molar-refractivity contribution is -0.116. The van der Waals surface area contributed by atoms with Crippen LogP contribution in [0.5, 0.6) is 0 Å². The maximum Gasteiger partial charge on any atom is 0.225 e. The number of anilines is 3. The third kappa shape index (κ3) is 5.04. The molecule has 2 N–H and O–H groups in total. The molecular weight excluding hydrogens is 288 g/mol. The number of halogens is 1. The molecule has 0 aliphatic rings. The first kappa shape index (κ1) is 15.3. The van der Waals surface area contributed by atoms with Gasteiger partial charge >= 0.3 is 0 Å². The molecule has 1 aromatic carbocycles. The number of carbonyl (C=O) groups excluding carboxylic acids is 1. The van der Waals surface area contributed by atoms with Gasteiger partial charge in [0, 0.05) is 17.1 Å². The van der Waals surface area contributed by atoms with Gasteiger partial charge in [0.1, 0.15) is 0 Å². The lowest BCUT2D eigenvalue weighted by Crippen LogP contribution is -2.12. The average Bonchev–Trinajstić information content (AvgIpc) is 2.47. The van der Waals surface area contributed by atoms with E-state index in [0.717, 1.165) is 18.5 Å². The third-order valence-electron chi connectivity index (χ3n) is 2.79.